The van der Waals surface area contributed by atoms with Crippen LogP contribution in [-0.2, 0) is 18.5 Å². The fourth-order valence-corrected chi connectivity index (χ4v) is 13.3. The van der Waals surface area contributed by atoms with Crippen LogP contribution in [0.5, 0.6) is 0 Å². The standard InChI is InChI=1S/C64H45N4O10P/c69-61(70)45-21-25-47(26-22-45)63(73)75-37-39-77-79(78-40-38-76-64(74)48-27-23-46(24-28-48)62(71)72)67-53-33-34-54(67)59(43-17-9-3-10-18-43)51-31-32-52(66-51)60(44-19-11-4-12-20-44)56-36-35-55(68(56)79)58(42-15-7-2-8-16-42)50-30-29-49(65-50)57(53)41-13-5-1-6-14-41/h1-36H,37-40H2,(H-,69,70,71,72)/p+1. The average Bonchev–Trinajstić information content (AvgIpc) is 4.47. The predicted molar refractivity (Wildman–Crippen MR) is 301 cm³/mol. The maximum absolute atomic E-state index is 13.8. The van der Waals surface area contributed by atoms with Crippen molar-refractivity contribution in [2.45, 2.75) is 0 Å². The fourth-order valence-electron chi connectivity index (χ4n) is 10.2. The zero-order chi connectivity index (χ0) is 54.0. The number of carbonyl (C=O) groups excluding carboxylic acids is 2. The number of aliphatic imine (C=N–C) groups is 2. The van der Waals surface area contributed by atoms with Gasteiger partial charge in [-0.3, -0.25) is 0 Å². The molecule has 2 N–H and O–H groups in total. The molecule has 79 heavy (non-hydrogen) atoms. The van der Waals surface area contributed by atoms with E-state index in [4.69, 9.17) is 28.5 Å². The Morgan fingerprint density at radius 3 is 1.08 bits per heavy atom. The minimum Gasteiger partial charge on any atom is -0.478 e. The molecule has 0 spiro atoms. The fraction of sp³-hybridized carbons (Fsp3) is 0.0625. The van der Waals surface area contributed by atoms with Gasteiger partial charge in [-0.15, -0.1) is 8.68 Å². The van der Waals surface area contributed by atoms with Crippen LogP contribution >= 0.6 is 8.02 Å². The van der Waals surface area contributed by atoms with Crippen molar-refractivity contribution < 1.29 is 47.9 Å². The summed E-state index contributed by atoms with van der Waals surface area (Å²) in [6.45, 7) is -1.05. The molecule has 4 aliphatic heterocycles. The second-order valence-electron chi connectivity index (χ2n) is 18.4. The van der Waals surface area contributed by atoms with Gasteiger partial charge in [-0.2, -0.15) is 9.05 Å². The highest BCUT2D eigenvalue weighted by Crippen LogP contribution is 2.65. The molecule has 0 saturated carbocycles. The van der Waals surface area contributed by atoms with E-state index in [9.17, 15) is 29.4 Å². The van der Waals surface area contributed by atoms with Crippen LogP contribution in [0.25, 0.3) is 22.3 Å². The molecular weight excluding hydrogens is 1020 g/mol. The van der Waals surface area contributed by atoms with Crippen molar-refractivity contribution >= 4 is 65.6 Å². The van der Waals surface area contributed by atoms with E-state index < -0.39 is 31.9 Å². The molecule has 0 unspecified atom stereocenters. The normalized spacial score (nSPS) is 14.7. The van der Waals surface area contributed by atoms with Crippen molar-refractivity contribution in [2.24, 2.45) is 9.98 Å². The Labute approximate surface area is 453 Å². The van der Waals surface area contributed by atoms with E-state index in [2.05, 4.69) is 8.68 Å². The lowest BCUT2D eigenvalue weighted by molar-refractivity contribution is 0.0402. The van der Waals surface area contributed by atoms with Gasteiger partial charge in [0.05, 0.1) is 67.2 Å². The van der Waals surface area contributed by atoms with E-state index in [1.54, 1.807) is 0 Å². The topological polar surface area (TPSA) is 180 Å². The van der Waals surface area contributed by atoms with Gasteiger partial charge >= 0.3 is 31.9 Å². The zero-order valence-corrected chi connectivity index (χ0v) is 42.9. The third kappa shape index (κ3) is 9.40. The Morgan fingerprint density at radius 2 is 0.722 bits per heavy atom. The monoisotopic (exact) mass is 1060 g/mol. The largest absolute Gasteiger partial charge is 0.497 e. The number of benzene rings is 6. The number of aromatic nitrogens is 2. The molecule has 0 fully saturated rings. The van der Waals surface area contributed by atoms with Crippen LogP contribution in [0.4, 0.5) is 0 Å². The Kier molecular flexibility index (Phi) is 13.5. The summed E-state index contributed by atoms with van der Waals surface area (Å²) in [7, 11) is -4.22. The van der Waals surface area contributed by atoms with E-state index in [1.807, 2.05) is 170 Å². The molecule has 0 aliphatic carbocycles. The lowest BCUT2D eigenvalue weighted by Crippen LogP contribution is -2.39. The number of carbonyl (C=O) groups is 4. The van der Waals surface area contributed by atoms with Crippen LogP contribution in [0.15, 0.2) is 240 Å². The highest BCUT2D eigenvalue weighted by atomic mass is 31.2. The van der Waals surface area contributed by atoms with Gasteiger partial charge in [0.25, 0.3) is 0 Å². The predicted octanol–water partition coefficient (Wildman–Crippen LogP) is 10.5. The van der Waals surface area contributed by atoms with E-state index in [1.165, 1.54) is 48.5 Å². The van der Waals surface area contributed by atoms with Gasteiger partial charge in [0, 0.05) is 22.3 Å². The molecule has 8 aromatic rings. The molecule has 6 aromatic carbocycles. The summed E-state index contributed by atoms with van der Waals surface area (Å²) in [4.78, 5) is 62.0. The summed E-state index contributed by atoms with van der Waals surface area (Å²) in [5.74, 6) is -3.66. The molecule has 386 valence electrons. The van der Waals surface area contributed by atoms with E-state index >= 15 is 0 Å². The highest BCUT2D eigenvalue weighted by molar-refractivity contribution is 7.63. The maximum atomic E-state index is 13.8. The summed E-state index contributed by atoms with van der Waals surface area (Å²) in [6, 6.07) is 59.0. The molecule has 14 nitrogen and oxygen atoms in total. The van der Waals surface area contributed by atoms with Crippen molar-refractivity contribution in [1.82, 2.24) is 8.68 Å². The number of rotatable bonds is 16. The quantitative estimate of drug-likeness (QED) is 0.0537. The van der Waals surface area contributed by atoms with Crippen LogP contribution in [0.3, 0.4) is 0 Å². The number of nitrogens with zero attached hydrogens (tertiary/aromatic N) is 4. The van der Waals surface area contributed by atoms with Crippen LogP contribution in [-0.4, -0.2) is 80.6 Å². The molecule has 15 heteroatoms. The van der Waals surface area contributed by atoms with Gasteiger partial charge in [0.2, 0.25) is 0 Å². The van der Waals surface area contributed by atoms with Crippen molar-refractivity contribution in [3.63, 3.8) is 0 Å². The van der Waals surface area contributed by atoms with Crippen molar-refractivity contribution in [3.8, 4) is 0 Å². The van der Waals surface area contributed by atoms with Gasteiger partial charge in [-0.25, -0.2) is 29.2 Å². The number of allylic oxidation sites excluding steroid dienone is 4. The SMILES string of the molecule is O=C(O)c1ccc(C(=O)OCCO[P+]2(OCCOC(=O)c3ccc(C(=O)O)cc3)n3c4ccc3C(c3ccccc3)=C3C=CC(=N3)C(c3ccccc3)=c3ccc(n32)=C(c2ccccc2)C2=NC(=C4c3ccccc3)C=C2)cc1. The molecule has 6 bridgehead atoms. The Hall–Kier alpha value is -9.85. The Bertz CT molecular complexity index is 3820. The first-order valence-electron chi connectivity index (χ1n) is 25.3. The summed E-state index contributed by atoms with van der Waals surface area (Å²) >= 11 is 0. The number of hydrogen-bond acceptors (Lipinski definition) is 10. The number of fused-ring (bicyclic) bond motifs is 2. The lowest BCUT2D eigenvalue weighted by Gasteiger charge is -2.30. The summed E-state index contributed by atoms with van der Waals surface area (Å²) < 4.78 is 31.5. The number of hydrogen-bond donors (Lipinski definition) is 2. The lowest BCUT2D eigenvalue weighted by atomic mass is 10.0. The smallest absolute Gasteiger partial charge is 0.478 e. The first-order chi connectivity index (χ1) is 38.7. The first-order valence-corrected chi connectivity index (χ1v) is 26.8. The molecule has 0 saturated heterocycles. The van der Waals surface area contributed by atoms with Gasteiger partial charge in [-0.1, -0.05) is 121 Å². The minimum absolute atomic E-state index is 0.0172. The van der Waals surface area contributed by atoms with Crippen LogP contribution in [0.1, 0.15) is 75.1 Å². The molecule has 4 aliphatic rings. The molecular formula is C64H46N4O10P+. The molecule has 0 amide bonds. The Balaban J connectivity index is 1.17. The third-order valence-corrected chi connectivity index (χ3v) is 16.6. The second kappa shape index (κ2) is 21.3. The molecule has 0 radical (unpaired) electrons. The van der Waals surface area contributed by atoms with E-state index in [0.717, 1.165) is 44.5 Å². The molecule has 2 aromatic heterocycles. The van der Waals surface area contributed by atoms with E-state index in [-0.39, 0.29) is 48.7 Å². The van der Waals surface area contributed by atoms with E-state index in [0.29, 0.717) is 44.9 Å². The number of aromatic carboxylic acids is 2. The van der Waals surface area contributed by atoms with Gasteiger partial charge in [0.1, 0.15) is 26.4 Å². The summed E-state index contributed by atoms with van der Waals surface area (Å²) in [5.41, 5.74) is 10.7. The van der Waals surface area contributed by atoms with Gasteiger partial charge < -0.3 is 19.7 Å². The van der Waals surface area contributed by atoms with Crippen molar-refractivity contribution in [3.05, 3.63) is 296 Å². The summed E-state index contributed by atoms with van der Waals surface area (Å²) in [5, 5.41) is 20.4. The number of ether oxygens (including phenoxy) is 2. The number of carboxylic acids is 2. The third-order valence-electron chi connectivity index (χ3n) is 13.7. The molecule has 6 heterocycles. The highest BCUT2D eigenvalue weighted by Gasteiger charge is 2.55. The van der Waals surface area contributed by atoms with Crippen molar-refractivity contribution in [2.75, 3.05) is 26.4 Å². The maximum Gasteiger partial charge on any atom is 0.497 e. The van der Waals surface area contributed by atoms with Crippen LogP contribution in [0.2, 0.25) is 0 Å². The summed E-state index contributed by atoms with van der Waals surface area (Å²) in [6.07, 6.45) is 8.09. The molecule has 12 rings (SSSR count). The first kappa shape index (κ1) is 50.0. The number of carboxylic acid groups (broad SMARTS) is 2. The average molecular weight is 1060 g/mol. The number of esters is 2. The van der Waals surface area contributed by atoms with Crippen molar-refractivity contribution in [1.29, 1.82) is 0 Å². The Morgan fingerprint density at radius 1 is 0.380 bits per heavy atom. The van der Waals surface area contributed by atoms with Gasteiger partial charge in [-0.05, 0) is 119 Å². The zero-order valence-electron chi connectivity index (χ0n) is 42.0. The van der Waals surface area contributed by atoms with Crippen LogP contribution in [0, 0.1) is 0 Å². The molecule has 0 atom stereocenters. The van der Waals surface area contributed by atoms with Gasteiger partial charge in [0.15, 0.2) is 0 Å². The van der Waals surface area contributed by atoms with Crippen LogP contribution < -0.4 is 10.7 Å². The minimum atomic E-state index is -4.22. The second-order valence-corrected chi connectivity index (χ2v) is 20.7.